The molecule has 4 nitrogen and oxygen atoms in total. The molecule has 0 aromatic heterocycles. The molecule has 2 aliphatic rings. The summed E-state index contributed by atoms with van der Waals surface area (Å²) < 4.78 is 5.52. The van der Waals surface area contributed by atoms with E-state index in [1.165, 1.54) is 18.4 Å². The SMILES string of the molecule is CC(C)(C)N(Cc1ccccc1)C(=O)CN(CC1CCOC1)C1CC1. The molecule has 0 spiro atoms. The second kappa shape index (κ2) is 7.88. The zero-order valence-electron chi connectivity index (χ0n) is 15.9. The summed E-state index contributed by atoms with van der Waals surface area (Å²) in [6, 6.07) is 10.9. The number of amides is 1. The van der Waals surface area contributed by atoms with E-state index in [0.717, 1.165) is 26.2 Å². The van der Waals surface area contributed by atoms with E-state index in [1.54, 1.807) is 0 Å². The first-order chi connectivity index (χ1) is 11.9. The van der Waals surface area contributed by atoms with Crippen molar-refractivity contribution in [2.75, 3.05) is 26.3 Å². The van der Waals surface area contributed by atoms with Crippen molar-refractivity contribution in [2.24, 2.45) is 5.92 Å². The summed E-state index contributed by atoms with van der Waals surface area (Å²) in [5.74, 6) is 0.827. The standard InChI is InChI=1S/C21H32N2O2/c1-21(2,3)23(14-17-7-5-4-6-8-17)20(24)15-22(19-9-10-19)13-18-11-12-25-16-18/h4-8,18-19H,9-16H2,1-3H3. The molecule has 0 radical (unpaired) electrons. The van der Waals surface area contributed by atoms with E-state index in [4.69, 9.17) is 4.74 Å². The molecule has 1 amide bonds. The fraction of sp³-hybridized carbons (Fsp3) is 0.667. The van der Waals surface area contributed by atoms with Crippen molar-refractivity contribution >= 4 is 5.91 Å². The number of hydrogen-bond donors (Lipinski definition) is 0. The van der Waals surface area contributed by atoms with Gasteiger partial charge in [-0.1, -0.05) is 30.3 Å². The third kappa shape index (κ3) is 5.29. The Bertz CT molecular complexity index is 557. The summed E-state index contributed by atoms with van der Waals surface area (Å²) in [6.45, 7) is 10.3. The van der Waals surface area contributed by atoms with E-state index in [1.807, 2.05) is 23.1 Å². The largest absolute Gasteiger partial charge is 0.381 e. The van der Waals surface area contributed by atoms with Crippen molar-refractivity contribution in [1.82, 2.24) is 9.80 Å². The maximum absolute atomic E-state index is 13.2. The van der Waals surface area contributed by atoms with Crippen molar-refractivity contribution in [1.29, 1.82) is 0 Å². The van der Waals surface area contributed by atoms with Gasteiger partial charge in [0.2, 0.25) is 5.91 Å². The van der Waals surface area contributed by atoms with Crippen LogP contribution in [0.4, 0.5) is 0 Å². The van der Waals surface area contributed by atoms with Gasteiger partial charge in [0.15, 0.2) is 0 Å². The fourth-order valence-electron chi connectivity index (χ4n) is 3.57. The molecular weight excluding hydrogens is 312 g/mol. The molecule has 25 heavy (non-hydrogen) atoms. The number of rotatable bonds is 7. The number of carbonyl (C=O) groups is 1. The number of carbonyl (C=O) groups excluding carboxylic acids is 1. The van der Waals surface area contributed by atoms with Crippen molar-refractivity contribution in [2.45, 2.75) is 58.2 Å². The van der Waals surface area contributed by atoms with Crippen LogP contribution in [0.1, 0.15) is 45.6 Å². The monoisotopic (exact) mass is 344 g/mol. The van der Waals surface area contributed by atoms with Crippen molar-refractivity contribution in [3.63, 3.8) is 0 Å². The molecule has 1 aromatic rings. The lowest BCUT2D eigenvalue weighted by atomic mass is 10.0. The topological polar surface area (TPSA) is 32.8 Å². The van der Waals surface area contributed by atoms with Crippen LogP contribution >= 0.6 is 0 Å². The highest BCUT2D eigenvalue weighted by Crippen LogP contribution is 2.29. The first-order valence-electron chi connectivity index (χ1n) is 9.59. The molecule has 3 rings (SSSR count). The van der Waals surface area contributed by atoms with Crippen LogP contribution in [0.15, 0.2) is 30.3 Å². The van der Waals surface area contributed by atoms with E-state index >= 15 is 0 Å². The summed E-state index contributed by atoms with van der Waals surface area (Å²) >= 11 is 0. The highest BCUT2D eigenvalue weighted by molar-refractivity contribution is 5.79. The van der Waals surface area contributed by atoms with Crippen LogP contribution in [0.2, 0.25) is 0 Å². The minimum atomic E-state index is -0.182. The Morgan fingerprint density at radius 3 is 2.44 bits per heavy atom. The third-order valence-electron chi connectivity index (χ3n) is 5.21. The molecule has 4 heteroatoms. The number of hydrogen-bond acceptors (Lipinski definition) is 3. The first-order valence-corrected chi connectivity index (χ1v) is 9.59. The maximum Gasteiger partial charge on any atom is 0.237 e. The van der Waals surface area contributed by atoms with Crippen molar-refractivity contribution < 1.29 is 9.53 Å². The van der Waals surface area contributed by atoms with E-state index in [2.05, 4.69) is 37.8 Å². The average molecular weight is 344 g/mol. The van der Waals surface area contributed by atoms with Crippen LogP contribution in [-0.2, 0) is 16.1 Å². The van der Waals surface area contributed by atoms with Gasteiger partial charge in [-0.3, -0.25) is 9.69 Å². The molecule has 1 saturated carbocycles. The van der Waals surface area contributed by atoms with Crippen molar-refractivity contribution in [3.8, 4) is 0 Å². The second-order valence-corrected chi connectivity index (χ2v) is 8.53. The molecule has 1 unspecified atom stereocenters. The van der Waals surface area contributed by atoms with E-state index < -0.39 is 0 Å². The normalized spacial score (nSPS) is 20.9. The molecule has 1 aliphatic carbocycles. The summed E-state index contributed by atoms with van der Waals surface area (Å²) in [4.78, 5) is 17.6. The molecule has 1 aliphatic heterocycles. The predicted octanol–water partition coefficient (Wildman–Crippen LogP) is 3.31. The van der Waals surface area contributed by atoms with Gasteiger partial charge in [-0.2, -0.15) is 0 Å². The lowest BCUT2D eigenvalue weighted by Crippen LogP contribution is -2.50. The van der Waals surface area contributed by atoms with Gasteiger partial charge in [-0.15, -0.1) is 0 Å². The average Bonchev–Trinajstić information content (AvgIpc) is 3.29. The van der Waals surface area contributed by atoms with E-state index in [0.29, 0.717) is 25.0 Å². The first kappa shape index (κ1) is 18.4. The van der Waals surface area contributed by atoms with Crippen LogP contribution in [0, 0.1) is 5.92 Å². The zero-order chi connectivity index (χ0) is 17.9. The lowest BCUT2D eigenvalue weighted by Gasteiger charge is -2.37. The molecule has 1 heterocycles. The fourth-order valence-corrected chi connectivity index (χ4v) is 3.57. The number of benzene rings is 1. The van der Waals surface area contributed by atoms with E-state index in [-0.39, 0.29) is 11.4 Å². The van der Waals surface area contributed by atoms with Gasteiger partial charge >= 0.3 is 0 Å². The summed E-state index contributed by atoms with van der Waals surface area (Å²) in [7, 11) is 0. The van der Waals surface area contributed by atoms with Gasteiger partial charge in [0.1, 0.15) is 0 Å². The molecule has 1 saturated heterocycles. The van der Waals surface area contributed by atoms with Crippen LogP contribution in [0.5, 0.6) is 0 Å². The van der Waals surface area contributed by atoms with Gasteiger partial charge < -0.3 is 9.64 Å². The molecular formula is C21H32N2O2. The zero-order valence-corrected chi connectivity index (χ0v) is 15.9. The Kier molecular flexibility index (Phi) is 5.80. The second-order valence-electron chi connectivity index (χ2n) is 8.53. The molecule has 0 bridgehead atoms. The molecule has 138 valence electrons. The molecule has 2 fully saturated rings. The highest BCUT2D eigenvalue weighted by Gasteiger charge is 2.35. The highest BCUT2D eigenvalue weighted by atomic mass is 16.5. The molecule has 1 atom stereocenters. The van der Waals surface area contributed by atoms with Crippen molar-refractivity contribution in [3.05, 3.63) is 35.9 Å². The Morgan fingerprint density at radius 1 is 1.16 bits per heavy atom. The van der Waals surface area contributed by atoms with Gasteiger partial charge in [-0.25, -0.2) is 0 Å². The van der Waals surface area contributed by atoms with E-state index in [9.17, 15) is 4.79 Å². The van der Waals surface area contributed by atoms with Crippen LogP contribution in [0.3, 0.4) is 0 Å². The quantitative estimate of drug-likeness (QED) is 0.761. The van der Waals surface area contributed by atoms with Crippen LogP contribution in [0.25, 0.3) is 0 Å². The van der Waals surface area contributed by atoms with Crippen LogP contribution < -0.4 is 0 Å². The minimum absolute atomic E-state index is 0.182. The Labute approximate surface area is 152 Å². The van der Waals surface area contributed by atoms with Gasteiger partial charge in [-0.05, 0) is 51.5 Å². The van der Waals surface area contributed by atoms with Gasteiger partial charge in [0.25, 0.3) is 0 Å². The maximum atomic E-state index is 13.2. The molecule has 1 aromatic carbocycles. The summed E-state index contributed by atoms with van der Waals surface area (Å²) in [5, 5.41) is 0. The summed E-state index contributed by atoms with van der Waals surface area (Å²) in [6.07, 6.45) is 3.59. The van der Waals surface area contributed by atoms with Gasteiger partial charge in [0.05, 0.1) is 13.2 Å². The lowest BCUT2D eigenvalue weighted by molar-refractivity contribution is -0.138. The van der Waals surface area contributed by atoms with Crippen LogP contribution in [-0.4, -0.2) is 53.6 Å². The molecule has 0 N–H and O–H groups in total. The smallest absolute Gasteiger partial charge is 0.237 e. The summed E-state index contributed by atoms with van der Waals surface area (Å²) in [5.41, 5.74) is 1.01. The number of nitrogens with zero attached hydrogens (tertiary/aromatic N) is 2. The van der Waals surface area contributed by atoms with Gasteiger partial charge in [0, 0.05) is 31.3 Å². The minimum Gasteiger partial charge on any atom is -0.381 e. The number of ether oxygens (including phenoxy) is 1. The predicted molar refractivity (Wildman–Crippen MR) is 100 cm³/mol. The Hall–Kier alpha value is -1.39. The third-order valence-corrected chi connectivity index (χ3v) is 5.21. The Balaban J connectivity index is 1.65. The Morgan fingerprint density at radius 2 is 1.88 bits per heavy atom.